The summed E-state index contributed by atoms with van der Waals surface area (Å²) in [6.07, 6.45) is 9.67. The molecule has 0 N–H and O–H groups in total. The first-order chi connectivity index (χ1) is 15.6. The third-order valence-electron chi connectivity index (χ3n) is 6.82. The van der Waals surface area contributed by atoms with E-state index in [4.69, 9.17) is 9.73 Å². The normalized spacial score (nSPS) is 25.2. The van der Waals surface area contributed by atoms with Gasteiger partial charge in [0, 0.05) is 13.1 Å². The molecule has 7 nitrogen and oxygen atoms in total. The van der Waals surface area contributed by atoms with Crippen LogP contribution in [0.4, 0.5) is 4.79 Å². The van der Waals surface area contributed by atoms with Crippen molar-refractivity contribution in [2.45, 2.75) is 110 Å². The summed E-state index contributed by atoms with van der Waals surface area (Å²) in [5, 5.41) is 0. The lowest BCUT2D eigenvalue weighted by Gasteiger charge is -2.44. The monoisotopic (exact) mass is 462 g/mol. The number of nitrogens with zero attached hydrogens (tertiary/aromatic N) is 4. The molecule has 33 heavy (non-hydrogen) atoms. The van der Waals surface area contributed by atoms with Gasteiger partial charge in [-0.3, -0.25) is 4.79 Å². The Morgan fingerprint density at radius 3 is 2.27 bits per heavy atom. The van der Waals surface area contributed by atoms with E-state index >= 15 is 0 Å². The average Bonchev–Trinajstić information content (AvgIpc) is 2.74. The van der Waals surface area contributed by atoms with Gasteiger partial charge in [0.2, 0.25) is 5.96 Å². The molecule has 0 bridgehead atoms. The van der Waals surface area contributed by atoms with Gasteiger partial charge < -0.3 is 14.5 Å². The first kappa shape index (κ1) is 26.0. The van der Waals surface area contributed by atoms with Crippen molar-refractivity contribution in [1.29, 1.82) is 0 Å². The van der Waals surface area contributed by atoms with Gasteiger partial charge in [0.05, 0.1) is 12.6 Å². The zero-order chi connectivity index (χ0) is 24.0. The van der Waals surface area contributed by atoms with Crippen LogP contribution in [0.15, 0.2) is 4.99 Å². The SMILES string of the molecule is CC(C)CC1C(=O)CN(CCN2CCCCC2)C(=NC2CCCCC2)N1C(=O)OC(C)(C)C. The van der Waals surface area contributed by atoms with Gasteiger partial charge in [-0.2, -0.15) is 0 Å². The van der Waals surface area contributed by atoms with Gasteiger partial charge in [-0.15, -0.1) is 0 Å². The second-order valence-electron chi connectivity index (χ2n) is 11.5. The van der Waals surface area contributed by atoms with Crippen LogP contribution >= 0.6 is 0 Å². The van der Waals surface area contributed by atoms with Gasteiger partial charge in [0.1, 0.15) is 11.6 Å². The molecule has 7 heteroatoms. The summed E-state index contributed by atoms with van der Waals surface area (Å²) in [4.78, 5) is 38.2. The summed E-state index contributed by atoms with van der Waals surface area (Å²) in [6, 6.07) is -0.294. The van der Waals surface area contributed by atoms with Gasteiger partial charge in [-0.1, -0.05) is 39.5 Å². The lowest BCUT2D eigenvalue weighted by Crippen LogP contribution is -2.64. The molecule has 1 atom stereocenters. The molecular formula is C26H46N4O3. The molecule has 188 valence electrons. The van der Waals surface area contributed by atoms with Crippen molar-refractivity contribution in [2.24, 2.45) is 10.9 Å². The van der Waals surface area contributed by atoms with E-state index in [1.807, 2.05) is 20.8 Å². The van der Waals surface area contributed by atoms with Crippen LogP contribution in [-0.4, -0.2) is 82.9 Å². The second kappa shape index (κ2) is 11.7. The zero-order valence-corrected chi connectivity index (χ0v) is 21.6. The van der Waals surface area contributed by atoms with Crippen molar-refractivity contribution in [2.75, 3.05) is 32.7 Å². The Morgan fingerprint density at radius 1 is 1.03 bits per heavy atom. The molecule has 0 radical (unpaired) electrons. The van der Waals surface area contributed by atoms with Gasteiger partial charge >= 0.3 is 6.09 Å². The number of hydrogen-bond acceptors (Lipinski definition) is 5. The number of Topliss-reactive ketones (excluding diaryl/α,β-unsaturated/α-hetero) is 1. The zero-order valence-electron chi connectivity index (χ0n) is 21.6. The Labute approximate surface area is 200 Å². The number of piperidine rings is 1. The van der Waals surface area contributed by atoms with Crippen LogP contribution in [0.5, 0.6) is 0 Å². The van der Waals surface area contributed by atoms with Crippen molar-refractivity contribution in [3.8, 4) is 0 Å². The van der Waals surface area contributed by atoms with Crippen LogP contribution in [0.1, 0.15) is 92.4 Å². The molecule has 1 aliphatic carbocycles. The number of ether oxygens (including phenoxy) is 1. The van der Waals surface area contributed by atoms with Crippen LogP contribution in [-0.2, 0) is 9.53 Å². The Morgan fingerprint density at radius 2 is 1.67 bits per heavy atom. The lowest BCUT2D eigenvalue weighted by molar-refractivity contribution is -0.126. The molecule has 0 aromatic heterocycles. The molecule has 3 rings (SSSR count). The van der Waals surface area contributed by atoms with Crippen molar-refractivity contribution in [3.05, 3.63) is 0 Å². The lowest BCUT2D eigenvalue weighted by atomic mass is 9.95. The van der Waals surface area contributed by atoms with Crippen molar-refractivity contribution in [3.63, 3.8) is 0 Å². The van der Waals surface area contributed by atoms with Crippen molar-refractivity contribution >= 4 is 17.8 Å². The van der Waals surface area contributed by atoms with E-state index in [2.05, 4.69) is 23.6 Å². The summed E-state index contributed by atoms with van der Waals surface area (Å²) in [7, 11) is 0. The first-order valence-corrected chi connectivity index (χ1v) is 13.2. The Balaban J connectivity index is 1.90. The topological polar surface area (TPSA) is 65.5 Å². The number of carbonyl (C=O) groups excluding carboxylic acids is 2. The van der Waals surface area contributed by atoms with Crippen molar-refractivity contribution in [1.82, 2.24) is 14.7 Å². The van der Waals surface area contributed by atoms with E-state index in [0.717, 1.165) is 32.5 Å². The predicted octanol–water partition coefficient (Wildman–Crippen LogP) is 4.70. The highest BCUT2D eigenvalue weighted by atomic mass is 16.6. The summed E-state index contributed by atoms with van der Waals surface area (Å²) in [5.41, 5.74) is -0.630. The maximum Gasteiger partial charge on any atom is 0.417 e. The van der Waals surface area contributed by atoms with Gasteiger partial charge in [-0.25, -0.2) is 14.7 Å². The quantitative estimate of drug-likeness (QED) is 0.573. The summed E-state index contributed by atoms with van der Waals surface area (Å²) >= 11 is 0. The number of likely N-dealkylation sites (tertiary alicyclic amines) is 1. The number of ketones is 1. The Bertz CT molecular complexity index is 688. The minimum atomic E-state index is -0.630. The molecule has 0 spiro atoms. The molecular weight excluding hydrogens is 416 g/mol. The molecule has 3 aliphatic rings. The highest BCUT2D eigenvalue weighted by Crippen LogP contribution is 2.27. The van der Waals surface area contributed by atoms with E-state index in [9.17, 15) is 9.59 Å². The number of guanidine groups is 1. The number of carbonyl (C=O) groups is 2. The molecule has 1 amide bonds. The standard InChI is InChI=1S/C26H46N4O3/c1-20(2)18-22-23(31)19-29(17-16-28-14-10-7-11-15-28)24(27-21-12-8-6-9-13-21)30(22)25(32)33-26(3,4)5/h20-22H,6-19H2,1-5H3. The molecule has 1 saturated carbocycles. The minimum absolute atomic E-state index is 0.0933. The van der Waals surface area contributed by atoms with E-state index in [0.29, 0.717) is 31.4 Å². The second-order valence-corrected chi connectivity index (χ2v) is 11.5. The summed E-state index contributed by atoms with van der Waals surface area (Å²) in [5.74, 6) is 1.05. The number of aliphatic imine (C=N–C) groups is 1. The van der Waals surface area contributed by atoms with Crippen LogP contribution in [0.2, 0.25) is 0 Å². The van der Waals surface area contributed by atoms with E-state index in [1.54, 1.807) is 4.90 Å². The van der Waals surface area contributed by atoms with Gasteiger partial charge in [0.25, 0.3) is 0 Å². The van der Waals surface area contributed by atoms with Crippen LogP contribution in [0.25, 0.3) is 0 Å². The fraction of sp³-hybridized carbons (Fsp3) is 0.885. The van der Waals surface area contributed by atoms with Crippen LogP contribution in [0, 0.1) is 5.92 Å². The Hall–Kier alpha value is -1.63. The molecule has 2 heterocycles. The molecule has 0 aromatic rings. The van der Waals surface area contributed by atoms with E-state index in [-0.39, 0.29) is 11.8 Å². The first-order valence-electron chi connectivity index (χ1n) is 13.2. The molecule has 0 aromatic carbocycles. The average molecular weight is 463 g/mol. The molecule has 3 fully saturated rings. The molecule has 1 unspecified atom stereocenters. The number of hydrogen-bond donors (Lipinski definition) is 0. The highest BCUT2D eigenvalue weighted by Gasteiger charge is 2.43. The Kier molecular flexibility index (Phi) is 9.19. The van der Waals surface area contributed by atoms with E-state index < -0.39 is 17.7 Å². The largest absolute Gasteiger partial charge is 0.443 e. The highest BCUT2D eigenvalue weighted by molar-refractivity contribution is 6.05. The number of rotatable bonds is 6. The molecule has 2 aliphatic heterocycles. The van der Waals surface area contributed by atoms with Crippen LogP contribution < -0.4 is 0 Å². The third kappa shape index (κ3) is 7.69. The minimum Gasteiger partial charge on any atom is -0.443 e. The van der Waals surface area contributed by atoms with E-state index in [1.165, 1.54) is 38.5 Å². The van der Waals surface area contributed by atoms with Crippen LogP contribution in [0.3, 0.4) is 0 Å². The maximum atomic E-state index is 13.5. The fourth-order valence-corrected chi connectivity index (χ4v) is 5.14. The summed E-state index contributed by atoms with van der Waals surface area (Å²) < 4.78 is 5.82. The molecule has 2 saturated heterocycles. The predicted molar refractivity (Wildman–Crippen MR) is 132 cm³/mol. The third-order valence-corrected chi connectivity index (χ3v) is 6.82. The van der Waals surface area contributed by atoms with Crippen molar-refractivity contribution < 1.29 is 14.3 Å². The van der Waals surface area contributed by atoms with Gasteiger partial charge in [-0.05, 0) is 71.9 Å². The smallest absolute Gasteiger partial charge is 0.417 e. The van der Waals surface area contributed by atoms with Gasteiger partial charge in [0.15, 0.2) is 5.78 Å². The number of amides is 1. The summed E-state index contributed by atoms with van der Waals surface area (Å²) in [6.45, 7) is 14.0. The maximum absolute atomic E-state index is 13.5. The fourth-order valence-electron chi connectivity index (χ4n) is 5.14.